The standard InChI is InChI=1S/C30H37F7O5/c1-2-18-3-5-19(6-4-18)7-8-20-9-11-21(12-10-20)29(33,34)41-22-13-14-26(39-17-22)28(38)40-23-15-24(31)27(25(32)16-23)42-30(35,36)37/h7-8,15-16,18-22,26H,2-6,9-14,17H2,1H3/b8-7+. The Morgan fingerprint density at radius 2 is 1.45 bits per heavy atom. The van der Waals surface area contributed by atoms with Crippen LogP contribution in [0.15, 0.2) is 24.3 Å². The van der Waals surface area contributed by atoms with E-state index in [-0.39, 0.29) is 19.4 Å². The fourth-order valence-corrected chi connectivity index (χ4v) is 6.07. The summed E-state index contributed by atoms with van der Waals surface area (Å²) in [6, 6.07) is 0.721. The second-order valence-corrected chi connectivity index (χ2v) is 11.6. The molecule has 0 radical (unpaired) electrons. The Bertz CT molecular complexity index is 1050. The number of esters is 1. The van der Waals surface area contributed by atoms with E-state index in [4.69, 9.17) is 14.2 Å². The van der Waals surface area contributed by atoms with E-state index in [1.807, 2.05) is 0 Å². The summed E-state index contributed by atoms with van der Waals surface area (Å²) in [5, 5.41) is 0. The van der Waals surface area contributed by atoms with E-state index in [1.54, 1.807) is 0 Å². The molecule has 3 fully saturated rings. The number of rotatable bonds is 9. The van der Waals surface area contributed by atoms with Crippen molar-refractivity contribution in [3.8, 4) is 11.5 Å². The van der Waals surface area contributed by atoms with E-state index >= 15 is 0 Å². The number of carbonyl (C=O) groups is 1. The Morgan fingerprint density at radius 3 is 1.95 bits per heavy atom. The lowest BCUT2D eigenvalue weighted by atomic mass is 9.78. The first-order valence-electron chi connectivity index (χ1n) is 14.6. The third-order valence-electron chi connectivity index (χ3n) is 8.60. The van der Waals surface area contributed by atoms with Gasteiger partial charge in [-0.15, -0.1) is 13.2 Å². The predicted molar refractivity (Wildman–Crippen MR) is 138 cm³/mol. The van der Waals surface area contributed by atoms with Crippen LogP contribution >= 0.6 is 0 Å². The zero-order chi connectivity index (χ0) is 30.5. The van der Waals surface area contributed by atoms with Gasteiger partial charge in [-0.2, -0.15) is 8.78 Å². The van der Waals surface area contributed by atoms with Crippen LogP contribution in [0.5, 0.6) is 11.5 Å². The van der Waals surface area contributed by atoms with Crippen molar-refractivity contribution in [1.82, 2.24) is 0 Å². The Morgan fingerprint density at radius 1 is 0.881 bits per heavy atom. The lowest BCUT2D eigenvalue weighted by Crippen LogP contribution is -2.43. The van der Waals surface area contributed by atoms with Gasteiger partial charge in [0.2, 0.25) is 5.75 Å². The zero-order valence-corrected chi connectivity index (χ0v) is 23.4. The molecule has 0 aromatic heterocycles. The maximum atomic E-state index is 15.0. The van der Waals surface area contributed by atoms with Crippen LogP contribution in [0.4, 0.5) is 30.7 Å². The number of carbonyl (C=O) groups excluding carboxylic acids is 1. The highest BCUT2D eigenvalue weighted by atomic mass is 19.4. The van der Waals surface area contributed by atoms with Gasteiger partial charge in [-0.3, -0.25) is 0 Å². The van der Waals surface area contributed by atoms with Crippen LogP contribution in [0.25, 0.3) is 0 Å². The molecule has 42 heavy (non-hydrogen) atoms. The molecule has 2 saturated carbocycles. The summed E-state index contributed by atoms with van der Waals surface area (Å²) in [6.07, 6.45) is 1.78. The molecule has 0 N–H and O–H groups in total. The van der Waals surface area contributed by atoms with Gasteiger partial charge < -0.3 is 18.9 Å². The number of allylic oxidation sites excluding steroid dienone is 2. The molecule has 0 spiro atoms. The molecule has 12 heteroatoms. The third kappa shape index (κ3) is 9.08. The Labute approximate surface area is 240 Å². The summed E-state index contributed by atoms with van der Waals surface area (Å²) in [4.78, 5) is 12.4. The van der Waals surface area contributed by atoms with Crippen LogP contribution in [0.3, 0.4) is 0 Å². The molecule has 236 valence electrons. The quantitative estimate of drug-likeness (QED) is 0.121. The van der Waals surface area contributed by atoms with E-state index in [2.05, 4.69) is 23.8 Å². The van der Waals surface area contributed by atoms with Crippen molar-refractivity contribution in [3.63, 3.8) is 0 Å². The Balaban J connectivity index is 1.19. The van der Waals surface area contributed by atoms with Crippen LogP contribution in [-0.2, 0) is 14.3 Å². The van der Waals surface area contributed by atoms with Crippen molar-refractivity contribution < 1.29 is 54.5 Å². The molecule has 1 aromatic carbocycles. The summed E-state index contributed by atoms with van der Waals surface area (Å²) in [7, 11) is 0. The van der Waals surface area contributed by atoms with Gasteiger partial charge in [0.25, 0.3) is 0 Å². The number of hydrogen-bond acceptors (Lipinski definition) is 5. The van der Waals surface area contributed by atoms with E-state index in [9.17, 15) is 35.5 Å². The molecule has 1 aromatic rings. The predicted octanol–water partition coefficient (Wildman–Crippen LogP) is 8.50. The fourth-order valence-electron chi connectivity index (χ4n) is 6.07. The van der Waals surface area contributed by atoms with Gasteiger partial charge in [-0.05, 0) is 82.0 Å². The third-order valence-corrected chi connectivity index (χ3v) is 8.60. The number of alkyl halides is 5. The lowest BCUT2D eigenvalue weighted by Gasteiger charge is -2.36. The molecule has 4 rings (SSSR count). The normalized spacial score (nSPS) is 29.4. The van der Waals surface area contributed by atoms with Crippen molar-refractivity contribution in [2.75, 3.05) is 6.61 Å². The van der Waals surface area contributed by atoms with Crippen molar-refractivity contribution in [2.45, 2.75) is 102 Å². The average molecular weight is 611 g/mol. The molecule has 1 saturated heterocycles. The highest BCUT2D eigenvalue weighted by Gasteiger charge is 2.45. The topological polar surface area (TPSA) is 54.0 Å². The van der Waals surface area contributed by atoms with Gasteiger partial charge in [-0.1, -0.05) is 25.5 Å². The number of ether oxygens (including phenoxy) is 4. The van der Waals surface area contributed by atoms with Crippen molar-refractivity contribution >= 4 is 5.97 Å². The van der Waals surface area contributed by atoms with Crippen LogP contribution in [-0.4, -0.2) is 37.3 Å². The maximum Gasteiger partial charge on any atom is 0.573 e. The smallest absolute Gasteiger partial charge is 0.424 e. The van der Waals surface area contributed by atoms with Crippen LogP contribution in [0, 0.1) is 35.3 Å². The highest BCUT2D eigenvalue weighted by molar-refractivity contribution is 5.77. The Kier molecular flexibility index (Phi) is 10.8. The van der Waals surface area contributed by atoms with Gasteiger partial charge in [0, 0.05) is 12.1 Å². The van der Waals surface area contributed by atoms with E-state index < -0.39 is 59.7 Å². The molecule has 1 aliphatic heterocycles. The second-order valence-electron chi connectivity index (χ2n) is 11.6. The van der Waals surface area contributed by atoms with Crippen LogP contribution in [0.2, 0.25) is 0 Å². The molecule has 3 aliphatic rings. The van der Waals surface area contributed by atoms with Gasteiger partial charge in [0.05, 0.1) is 18.6 Å². The first kappa shape index (κ1) is 32.6. The van der Waals surface area contributed by atoms with E-state index in [0.29, 0.717) is 49.7 Å². The first-order chi connectivity index (χ1) is 19.8. The molecule has 2 unspecified atom stereocenters. The van der Waals surface area contributed by atoms with Gasteiger partial charge in [0.15, 0.2) is 17.7 Å². The molecule has 5 nitrogen and oxygen atoms in total. The molecule has 1 heterocycles. The van der Waals surface area contributed by atoms with Crippen molar-refractivity contribution in [2.24, 2.45) is 23.7 Å². The van der Waals surface area contributed by atoms with Gasteiger partial charge >= 0.3 is 18.4 Å². The van der Waals surface area contributed by atoms with E-state index in [1.165, 1.54) is 32.1 Å². The minimum Gasteiger partial charge on any atom is -0.424 e. The Hall–Kier alpha value is -2.34. The summed E-state index contributed by atoms with van der Waals surface area (Å²) < 4.78 is 113. The molecular weight excluding hydrogens is 573 g/mol. The number of benzene rings is 1. The summed E-state index contributed by atoms with van der Waals surface area (Å²) in [5.74, 6) is -6.13. The highest BCUT2D eigenvalue weighted by Crippen LogP contribution is 2.42. The number of halogens is 7. The average Bonchev–Trinajstić information content (AvgIpc) is 2.94. The minimum absolute atomic E-state index is 0.0504. The number of hydrogen-bond donors (Lipinski definition) is 0. The molecule has 0 bridgehead atoms. The monoisotopic (exact) mass is 610 g/mol. The van der Waals surface area contributed by atoms with E-state index in [0.717, 1.165) is 5.92 Å². The second kappa shape index (κ2) is 14.0. The molecule has 2 atom stereocenters. The molecule has 0 amide bonds. The fraction of sp³-hybridized carbons (Fsp3) is 0.700. The van der Waals surface area contributed by atoms with Gasteiger partial charge in [0.1, 0.15) is 5.75 Å². The van der Waals surface area contributed by atoms with Crippen LogP contribution < -0.4 is 9.47 Å². The molecular formula is C30H37F7O5. The minimum atomic E-state index is -5.32. The zero-order valence-electron chi connectivity index (χ0n) is 23.4. The SMILES string of the molecule is CCC1CCC(/C=C/C2CCC(C(F)(F)OC3CCC(C(=O)Oc4cc(F)c(OC(F)(F)F)c(F)c4)OC3)CC2)CC1. The largest absolute Gasteiger partial charge is 0.573 e. The molecule has 2 aliphatic carbocycles. The summed E-state index contributed by atoms with van der Waals surface area (Å²) in [6.45, 7) is 1.91. The summed E-state index contributed by atoms with van der Waals surface area (Å²) >= 11 is 0. The summed E-state index contributed by atoms with van der Waals surface area (Å²) in [5.41, 5.74) is 0. The first-order valence-corrected chi connectivity index (χ1v) is 14.6. The maximum absolute atomic E-state index is 15.0. The van der Waals surface area contributed by atoms with Crippen molar-refractivity contribution in [3.05, 3.63) is 35.9 Å². The lowest BCUT2D eigenvalue weighted by molar-refractivity contribution is -0.309. The van der Waals surface area contributed by atoms with Gasteiger partial charge in [-0.25, -0.2) is 13.6 Å². The van der Waals surface area contributed by atoms with Crippen LogP contribution in [0.1, 0.15) is 77.6 Å². The van der Waals surface area contributed by atoms with Crippen molar-refractivity contribution in [1.29, 1.82) is 0 Å².